The van der Waals surface area contributed by atoms with Crippen molar-refractivity contribution in [3.8, 4) is 11.4 Å². The van der Waals surface area contributed by atoms with Crippen LogP contribution < -0.4 is 10.5 Å². The topological polar surface area (TPSA) is 94.6 Å². The van der Waals surface area contributed by atoms with Crippen LogP contribution in [0.2, 0.25) is 0 Å². The maximum Gasteiger partial charge on any atom is 0.418 e. The van der Waals surface area contributed by atoms with Crippen LogP contribution in [0, 0.1) is 13.8 Å². The third-order valence-corrected chi connectivity index (χ3v) is 4.56. The summed E-state index contributed by atoms with van der Waals surface area (Å²) in [6, 6.07) is 13.4. The Morgan fingerprint density at radius 3 is 2.16 bits per heavy atom. The molecule has 3 N–H and O–H groups in total. The maximum absolute atomic E-state index is 13.0. The molecule has 0 unspecified atom stereocenters. The quantitative estimate of drug-likeness (QED) is 0.575. The number of carboxylic acid groups (broad SMARTS) is 1. The van der Waals surface area contributed by atoms with Crippen molar-refractivity contribution in [2.45, 2.75) is 26.9 Å². The van der Waals surface area contributed by atoms with Crippen LogP contribution in [0.15, 0.2) is 54.6 Å². The SMILES string of the molecule is CCOc1ccccc1C(N)=O.Cc1cc(C(=O)O)c(C)n1-c1ccccc1C(F)(F)F. The molecule has 6 nitrogen and oxygen atoms in total. The number of aromatic nitrogens is 1. The fraction of sp³-hybridized carbons (Fsp3) is 0.217. The Labute approximate surface area is 183 Å². The van der Waals surface area contributed by atoms with Gasteiger partial charge in [0.05, 0.1) is 29.0 Å². The molecular weight excluding hydrogens is 425 g/mol. The molecule has 1 heterocycles. The minimum absolute atomic E-state index is 0.000484. The lowest BCUT2D eigenvalue weighted by Gasteiger charge is -2.16. The standard InChI is InChI=1S/C14H12F3NO2.C9H11NO2/c1-8-7-10(13(19)20)9(2)18(8)12-6-4-3-5-11(12)14(15,16)17;1-2-12-8-6-4-3-5-7(8)9(10)11/h3-7H,1-2H3,(H,19,20);3-6H,2H2,1H3,(H2,10,11). The van der Waals surface area contributed by atoms with Gasteiger partial charge in [-0.2, -0.15) is 13.2 Å². The Hall–Kier alpha value is -3.75. The predicted octanol–water partition coefficient (Wildman–Crippen LogP) is 5.00. The molecule has 1 amide bonds. The van der Waals surface area contributed by atoms with E-state index in [2.05, 4.69) is 0 Å². The van der Waals surface area contributed by atoms with Crippen LogP contribution in [0.1, 0.15) is 44.6 Å². The van der Waals surface area contributed by atoms with Crippen LogP contribution in [-0.2, 0) is 6.18 Å². The van der Waals surface area contributed by atoms with E-state index in [0.717, 1.165) is 6.07 Å². The van der Waals surface area contributed by atoms with Gasteiger partial charge in [-0.15, -0.1) is 0 Å². The lowest BCUT2D eigenvalue weighted by atomic mass is 10.1. The number of amides is 1. The van der Waals surface area contributed by atoms with Crippen molar-refractivity contribution in [1.29, 1.82) is 0 Å². The first-order valence-corrected chi connectivity index (χ1v) is 9.59. The number of aryl methyl sites for hydroxylation is 1. The molecule has 0 spiro atoms. The van der Waals surface area contributed by atoms with Crippen molar-refractivity contribution >= 4 is 11.9 Å². The molecule has 32 heavy (non-hydrogen) atoms. The summed E-state index contributed by atoms with van der Waals surface area (Å²) in [7, 11) is 0. The number of ether oxygens (including phenoxy) is 1. The van der Waals surface area contributed by atoms with Crippen LogP contribution in [0.25, 0.3) is 5.69 Å². The summed E-state index contributed by atoms with van der Waals surface area (Å²) in [6.07, 6.45) is -4.50. The van der Waals surface area contributed by atoms with E-state index < -0.39 is 23.6 Å². The van der Waals surface area contributed by atoms with E-state index in [0.29, 0.717) is 23.6 Å². The molecule has 170 valence electrons. The number of nitrogens with two attached hydrogens (primary N) is 1. The van der Waals surface area contributed by atoms with E-state index in [9.17, 15) is 22.8 Å². The second-order valence-electron chi connectivity index (χ2n) is 6.73. The largest absolute Gasteiger partial charge is 0.493 e. The summed E-state index contributed by atoms with van der Waals surface area (Å²) < 4.78 is 45.6. The maximum atomic E-state index is 13.0. The fourth-order valence-corrected chi connectivity index (χ4v) is 3.21. The van der Waals surface area contributed by atoms with Crippen LogP contribution in [0.4, 0.5) is 13.2 Å². The minimum Gasteiger partial charge on any atom is -0.493 e. The first-order chi connectivity index (χ1) is 15.0. The Kier molecular flexibility index (Phi) is 7.69. The average Bonchev–Trinajstić information content (AvgIpc) is 3.02. The predicted molar refractivity (Wildman–Crippen MR) is 113 cm³/mol. The number of carbonyl (C=O) groups excluding carboxylic acids is 1. The molecule has 0 radical (unpaired) electrons. The van der Waals surface area contributed by atoms with Crippen molar-refractivity contribution in [3.63, 3.8) is 0 Å². The summed E-state index contributed by atoms with van der Waals surface area (Å²) in [6.45, 7) is 5.46. The molecule has 0 aliphatic heterocycles. The van der Waals surface area contributed by atoms with Gasteiger partial charge in [-0.1, -0.05) is 24.3 Å². The number of aromatic carboxylic acids is 1. The molecule has 0 aliphatic carbocycles. The number of benzene rings is 2. The van der Waals surface area contributed by atoms with Gasteiger partial charge < -0.3 is 20.1 Å². The van der Waals surface area contributed by atoms with Crippen molar-refractivity contribution in [3.05, 3.63) is 82.7 Å². The highest BCUT2D eigenvalue weighted by Crippen LogP contribution is 2.35. The molecule has 0 fully saturated rings. The third kappa shape index (κ3) is 5.48. The van der Waals surface area contributed by atoms with Gasteiger partial charge in [-0.05, 0) is 51.1 Å². The van der Waals surface area contributed by atoms with Gasteiger partial charge in [0.1, 0.15) is 5.75 Å². The molecule has 3 rings (SSSR count). The van der Waals surface area contributed by atoms with Crippen LogP contribution >= 0.6 is 0 Å². The first kappa shape index (κ1) is 24.5. The Morgan fingerprint density at radius 2 is 1.62 bits per heavy atom. The van der Waals surface area contributed by atoms with E-state index in [-0.39, 0.29) is 16.9 Å². The smallest absolute Gasteiger partial charge is 0.418 e. The second-order valence-corrected chi connectivity index (χ2v) is 6.73. The lowest BCUT2D eigenvalue weighted by molar-refractivity contribution is -0.137. The van der Waals surface area contributed by atoms with Gasteiger partial charge >= 0.3 is 12.1 Å². The summed E-state index contributed by atoms with van der Waals surface area (Å²) in [5.74, 6) is -1.07. The molecular formula is C23H23F3N2O4. The highest BCUT2D eigenvalue weighted by molar-refractivity contribution is 5.95. The lowest BCUT2D eigenvalue weighted by Crippen LogP contribution is -2.12. The number of carboxylic acids is 1. The number of primary amides is 1. The number of carbonyl (C=O) groups is 2. The average molecular weight is 448 g/mol. The minimum atomic E-state index is -4.50. The zero-order valence-electron chi connectivity index (χ0n) is 17.7. The number of para-hydroxylation sites is 2. The Morgan fingerprint density at radius 1 is 1.03 bits per heavy atom. The zero-order valence-corrected chi connectivity index (χ0v) is 17.7. The summed E-state index contributed by atoms with van der Waals surface area (Å²) in [4.78, 5) is 21.9. The van der Waals surface area contributed by atoms with Gasteiger partial charge in [0, 0.05) is 11.4 Å². The van der Waals surface area contributed by atoms with Crippen LogP contribution in [0.3, 0.4) is 0 Å². The zero-order chi connectivity index (χ0) is 24.1. The molecule has 3 aromatic rings. The third-order valence-electron chi connectivity index (χ3n) is 4.56. The van der Waals surface area contributed by atoms with E-state index in [1.807, 2.05) is 6.92 Å². The Balaban J connectivity index is 0.000000258. The molecule has 0 atom stereocenters. The molecule has 0 bridgehead atoms. The summed E-state index contributed by atoms with van der Waals surface area (Å²) in [5, 5.41) is 9.04. The van der Waals surface area contributed by atoms with Crippen molar-refractivity contribution < 1.29 is 32.6 Å². The number of hydrogen-bond acceptors (Lipinski definition) is 3. The van der Waals surface area contributed by atoms with Crippen LogP contribution in [-0.4, -0.2) is 28.2 Å². The van der Waals surface area contributed by atoms with Crippen molar-refractivity contribution in [2.75, 3.05) is 6.61 Å². The van der Waals surface area contributed by atoms with Crippen molar-refractivity contribution in [1.82, 2.24) is 4.57 Å². The number of hydrogen-bond donors (Lipinski definition) is 2. The highest BCUT2D eigenvalue weighted by Gasteiger charge is 2.34. The monoisotopic (exact) mass is 448 g/mol. The van der Waals surface area contributed by atoms with Gasteiger partial charge in [-0.3, -0.25) is 4.79 Å². The number of rotatable bonds is 5. The van der Waals surface area contributed by atoms with Gasteiger partial charge in [0.15, 0.2) is 0 Å². The molecule has 2 aromatic carbocycles. The number of alkyl halides is 3. The molecule has 9 heteroatoms. The summed E-state index contributed by atoms with van der Waals surface area (Å²) >= 11 is 0. The van der Waals surface area contributed by atoms with Crippen molar-refractivity contribution in [2.24, 2.45) is 5.73 Å². The summed E-state index contributed by atoms with van der Waals surface area (Å²) in [5.41, 5.74) is 5.41. The van der Waals surface area contributed by atoms with E-state index in [4.69, 9.17) is 15.6 Å². The fourth-order valence-electron chi connectivity index (χ4n) is 3.21. The molecule has 0 aliphatic rings. The van der Waals surface area contributed by atoms with E-state index in [1.54, 1.807) is 31.2 Å². The van der Waals surface area contributed by atoms with Gasteiger partial charge in [-0.25, -0.2) is 4.79 Å². The van der Waals surface area contributed by atoms with Crippen LogP contribution in [0.5, 0.6) is 5.75 Å². The Bertz CT molecular complexity index is 1120. The second kappa shape index (κ2) is 10.0. The number of nitrogens with zero attached hydrogens (tertiary/aromatic N) is 1. The van der Waals surface area contributed by atoms with E-state index in [1.165, 1.54) is 35.8 Å². The van der Waals surface area contributed by atoms with Gasteiger partial charge in [0.25, 0.3) is 5.91 Å². The molecule has 0 saturated heterocycles. The normalized spacial score (nSPS) is 10.8. The highest BCUT2D eigenvalue weighted by atomic mass is 19.4. The van der Waals surface area contributed by atoms with Gasteiger partial charge in [0.2, 0.25) is 0 Å². The number of halogens is 3. The molecule has 0 saturated carbocycles. The first-order valence-electron chi connectivity index (χ1n) is 9.59. The molecule has 1 aromatic heterocycles. The van der Waals surface area contributed by atoms with E-state index >= 15 is 0 Å².